The van der Waals surface area contributed by atoms with E-state index in [2.05, 4.69) is 36.5 Å². The van der Waals surface area contributed by atoms with Crippen LogP contribution in [0.1, 0.15) is 35.3 Å². The minimum Gasteiger partial charge on any atom is -0.376 e. The van der Waals surface area contributed by atoms with Crippen molar-refractivity contribution in [3.63, 3.8) is 0 Å². The van der Waals surface area contributed by atoms with Crippen molar-refractivity contribution in [2.45, 2.75) is 45.8 Å². The Kier molecular flexibility index (Phi) is 5.64. The molecule has 0 saturated carbocycles. The number of amides is 1. The third-order valence-electron chi connectivity index (χ3n) is 5.46. The summed E-state index contributed by atoms with van der Waals surface area (Å²) >= 11 is 0. The number of aryl methyl sites for hydroxylation is 2. The minimum absolute atomic E-state index is 0.0112. The average molecular weight is 385 g/mol. The molecule has 1 N–H and O–H groups in total. The van der Waals surface area contributed by atoms with Crippen LogP contribution in [0.2, 0.25) is 0 Å². The molecule has 4 rings (SSSR count). The fourth-order valence-corrected chi connectivity index (χ4v) is 3.79. The van der Waals surface area contributed by atoms with Gasteiger partial charge in [0.15, 0.2) is 5.82 Å². The number of fused-ring (bicyclic) bond motifs is 1. The first-order chi connectivity index (χ1) is 13.6. The number of rotatable bonds is 6. The second-order valence-corrected chi connectivity index (χ2v) is 7.54. The molecule has 0 aliphatic carbocycles. The van der Waals surface area contributed by atoms with Gasteiger partial charge in [0, 0.05) is 25.3 Å². The van der Waals surface area contributed by atoms with Crippen LogP contribution in [0.5, 0.6) is 0 Å². The van der Waals surface area contributed by atoms with E-state index < -0.39 is 0 Å². The highest BCUT2D eigenvalue weighted by atomic mass is 16.5. The largest absolute Gasteiger partial charge is 0.376 e. The summed E-state index contributed by atoms with van der Waals surface area (Å²) in [5, 5.41) is 7.61. The maximum atomic E-state index is 12.6. The molecule has 150 valence electrons. The maximum absolute atomic E-state index is 12.6. The first-order valence-electron chi connectivity index (χ1n) is 9.89. The van der Waals surface area contributed by atoms with Crippen LogP contribution in [-0.4, -0.2) is 48.4 Å². The van der Waals surface area contributed by atoms with Crippen molar-refractivity contribution >= 4 is 17.4 Å². The monoisotopic (exact) mass is 385 g/mol. The van der Waals surface area contributed by atoms with Gasteiger partial charge in [-0.2, -0.15) is 0 Å². The zero-order valence-corrected chi connectivity index (χ0v) is 16.5. The molecule has 1 aromatic carbocycles. The van der Waals surface area contributed by atoms with Gasteiger partial charge in [-0.15, -0.1) is 0 Å². The third kappa shape index (κ3) is 4.05. The Morgan fingerprint density at radius 3 is 2.93 bits per heavy atom. The van der Waals surface area contributed by atoms with E-state index in [-0.39, 0.29) is 18.6 Å². The van der Waals surface area contributed by atoms with Crippen LogP contribution >= 0.6 is 0 Å². The quantitative estimate of drug-likeness (QED) is 0.823. The molecule has 1 saturated heterocycles. The Morgan fingerprint density at radius 2 is 2.18 bits per heavy atom. The van der Waals surface area contributed by atoms with E-state index in [1.165, 1.54) is 0 Å². The summed E-state index contributed by atoms with van der Waals surface area (Å²) in [5.74, 6) is 1.52. The first kappa shape index (κ1) is 19.0. The molecule has 0 bridgehead atoms. The van der Waals surface area contributed by atoms with Gasteiger partial charge >= 0.3 is 0 Å². The van der Waals surface area contributed by atoms with Gasteiger partial charge in [-0.25, -0.2) is 0 Å². The number of aromatic nitrogens is 1. The number of nitrogens with one attached hydrogen (secondary N) is 1. The summed E-state index contributed by atoms with van der Waals surface area (Å²) in [6, 6.07) is 6.15. The van der Waals surface area contributed by atoms with Gasteiger partial charge in [-0.05, 0) is 37.8 Å². The second kappa shape index (κ2) is 8.32. The van der Waals surface area contributed by atoms with Crippen molar-refractivity contribution < 1.29 is 18.8 Å². The fourth-order valence-electron chi connectivity index (χ4n) is 3.79. The molecular weight excluding hydrogens is 358 g/mol. The van der Waals surface area contributed by atoms with Crippen molar-refractivity contribution in [1.82, 2.24) is 10.1 Å². The average Bonchev–Trinajstić information content (AvgIpc) is 3.34. The Labute approximate surface area is 165 Å². The van der Waals surface area contributed by atoms with E-state index in [4.69, 9.17) is 14.0 Å². The van der Waals surface area contributed by atoms with Gasteiger partial charge in [0.05, 0.1) is 24.8 Å². The number of benzene rings is 1. The number of ether oxygens (including phenoxy) is 2. The molecule has 2 aromatic rings. The summed E-state index contributed by atoms with van der Waals surface area (Å²) < 4.78 is 16.6. The van der Waals surface area contributed by atoms with E-state index in [9.17, 15) is 4.79 Å². The zero-order chi connectivity index (χ0) is 19.5. The van der Waals surface area contributed by atoms with Gasteiger partial charge < -0.3 is 24.2 Å². The molecule has 1 aromatic heterocycles. The maximum Gasteiger partial charge on any atom is 0.248 e. The molecule has 7 heteroatoms. The number of carbonyl (C=O) groups excluding carboxylic acids is 1. The summed E-state index contributed by atoms with van der Waals surface area (Å²) in [4.78, 5) is 14.4. The van der Waals surface area contributed by atoms with E-state index in [1.54, 1.807) is 0 Å². The van der Waals surface area contributed by atoms with E-state index in [0.29, 0.717) is 31.9 Å². The van der Waals surface area contributed by atoms with Gasteiger partial charge in [-0.3, -0.25) is 4.79 Å². The summed E-state index contributed by atoms with van der Waals surface area (Å²) in [7, 11) is 0. The Bertz CT molecular complexity index is 822. The Balaban J connectivity index is 1.39. The number of carbonyl (C=O) groups is 1. The normalized spacial score (nSPS) is 18.9. The van der Waals surface area contributed by atoms with Gasteiger partial charge in [0.1, 0.15) is 12.4 Å². The Hall–Kier alpha value is -2.38. The van der Waals surface area contributed by atoms with Crippen LogP contribution in [0.3, 0.4) is 0 Å². The summed E-state index contributed by atoms with van der Waals surface area (Å²) in [6.45, 7) is 6.58. The van der Waals surface area contributed by atoms with Crippen LogP contribution in [0, 0.1) is 13.8 Å². The van der Waals surface area contributed by atoms with Crippen LogP contribution < -0.4 is 5.32 Å². The number of hydrogen-bond donors (Lipinski definition) is 1. The highest BCUT2D eigenvalue weighted by Crippen LogP contribution is 2.30. The van der Waals surface area contributed by atoms with Crippen LogP contribution in [0.15, 0.2) is 22.7 Å². The predicted octanol–water partition coefficient (Wildman–Crippen LogP) is 3.12. The van der Waals surface area contributed by atoms with E-state index in [0.717, 1.165) is 47.6 Å². The number of anilines is 2. The third-order valence-corrected chi connectivity index (χ3v) is 5.46. The van der Waals surface area contributed by atoms with Crippen LogP contribution in [0.4, 0.5) is 11.5 Å². The first-order valence-corrected chi connectivity index (χ1v) is 9.89. The van der Waals surface area contributed by atoms with Gasteiger partial charge in [0.2, 0.25) is 5.91 Å². The summed E-state index contributed by atoms with van der Waals surface area (Å²) in [6.07, 6.45) is 2.87. The molecule has 0 radical (unpaired) electrons. The number of hydrogen-bond acceptors (Lipinski definition) is 6. The van der Waals surface area contributed by atoms with Crippen molar-refractivity contribution in [1.29, 1.82) is 0 Å². The Morgan fingerprint density at radius 1 is 1.36 bits per heavy atom. The zero-order valence-electron chi connectivity index (χ0n) is 16.5. The van der Waals surface area contributed by atoms with Crippen molar-refractivity contribution in [3.8, 4) is 0 Å². The number of nitrogens with zero attached hydrogens (tertiary/aromatic N) is 2. The van der Waals surface area contributed by atoms with Crippen molar-refractivity contribution in [2.24, 2.45) is 0 Å². The molecule has 7 nitrogen and oxygen atoms in total. The summed E-state index contributed by atoms with van der Waals surface area (Å²) in [5.41, 5.74) is 4.26. The predicted molar refractivity (Wildman–Crippen MR) is 105 cm³/mol. The molecule has 2 aliphatic heterocycles. The highest BCUT2D eigenvalue weighted by Gasteiger charge is 2.28. The van der Waals surface area contributed by atoms with Gasteiger partial charge in [0.25, 0.3) is 0 Å². The SMILES string of the molecule is Cc1cccc(C)c1Nc1noc2c1CN(C(=O)COC[C@@H]1CCCO1)CC2. The lowest BCUT2D eigenvalue weighted by Gasteiger charge is -2.26. The molecule has 2 aliphatic rings. The lowest BCUT2D eigenvalue weighted by molar-refractivity contribution is -0.138. The number of para-hydroxylation sites is 1. The second-order valence-electron chi connectivity index (χ2n) is 7.54. The molecule has 28 heavy (non-hydrogen) atoms. The van der Waals surface area contributed by atoms with Crippen molar-refractivity contribution in [2.75, 3.05) is 31.7 Å². The highest BCUT2D eigenvalue weighted by molar-refractivity contribution is 5.78. The minimum atomic E-state index is -0.0112. The van der Waals surface area contributed by atoms with Crippen molar-refractivity contribution in [3.05, 3.63) is 40.6 Å². The molecule has 0 spiro atoms. The lowest BCUT2D eigenvalue weighted by atomic mass is 10.1. The van der Waals surface area contributed by atoms with Gasteiger partial charge in [-0.1, -0.05) is 23.4 Å². The standard InChI is InChI=1S/C21H27N3O4/c1-14-5-3-6-15(2)20(14)22-21-17-11-24(9-8-18(17)28-23-21)19(25)13-26-12-16-7-4-10-27-16/h3,5-6,16H,4,7-13H2,1-2H3,(H,22,23)/t16-/m0/s1. The smallest absolute Gasteiger partial charge is 0.248 e. The van der Waals surface area contributed by atoms with E-state index >= 15 is 0 Å². The van der Waals surface area contributed by atoms with Crippen LogP contribution in [-0.2, 0) is 27.2 Å². The lowest BCUT2D eigenvalue weighted by Crippen LogP contribution is -2.38. The van der Waals surface area contributed by atoms with Crippen LogP contribution in [0.25, 0.3) is 0 Å². The molecule has 1 atom stereocenters. The fraction of sp³-hybridized carbons (Fsp3) is 0.524. The molecule has 1 amide bonds. The molecule has 0 unspecified atom stereocenters. The van der Waals surface area contributed by atoms with E-state index in [1.807, 2.05) is 11.0 Å². The molecule has 1 fully saturated rings. The molecular formula is C21H27N3O4. The topological polar surface area (TPSA) is 76.8 Å². The molecule has 3 heterocycles.